The molecule has 0 aliphatic heterocycles. The second-order valence-corrected chi connectivity index (χ2v) is 6.94. The lowest BCUT2D eigenvalue weighted by molar-refractivity contribution is -0.186. The summed E-state index contributed by atoms with van der Waals surface area (Å²) in [6, 6.07) is 6.85. The van der Waals surface area contributed by atoms with E-state index in [0.717, 1.165) is 5.56 Å². The second-order valence-electron chi connectivity index (χ2n) is 6.51. The van der Waals surface area contributed by atoms with Crippen molar-refractivity contribution in [1.82, 2.24) is 14.9 Å². The van der Waals surface area contributed by atoms with Crippen LogP contribution in [-0.2, 0) is 4.79 Å². The van der Waals surface area contributed by atoms with E-state index in [4.69, 9.17) is 11.6 Å². The number of halogens is 4. The summed E-state index contributed by atoms with van der Waals surface area (Å²) in [5, 5.41) is 3.29. The average Bonchev–Trinajstić information content (AvgIpc) is 3.27. The Hall–Kier alpha value is -2.02. The van der Waals surface area contributed by atoms with Crippen LogP contribution in [0.25, 0.3) is 0 Å². The molecule has 3 rings (SSSR count). The Morgan fingerprint density at radius 2 is 2.04 bits per heavy atom. The molecule has 1 aromatic carbocycles. The molecule has 3 atom stereocenters. The van der Waals surface area contributed by atoms with Crippen LogP contribution < -0.4 is 5.32 Å². The molecule has 1 aromatic heterocycles. The van der Waals surface area contributed by atoms with Gasteiger partial charge < -0.3 is 9.88 Å². The van der Waals surface area contributed by atoms with E-state index in [1.165, 1.54) is 0 Å². The number of nitrogens with zero attached hydrogens (tertiary/aromatic N) is 2. The van der Waals surface area contributed by atoms with Crippen molar-refractivity contribution < 1.29 is 18.0 Å². The van der Waals surface area contributed by atoms with Gasteiger partial charge in [0.25, 0.3) is 0 Å². The predicted molar refractivity (Wildman–Crippen MR) is 91.7 cm³/mol. The highest BCUT2D eigenvalue weighted by atomic mass is 35.5. The van der Waals surface area contributed by atoms with Gasteiger partial charge in [0, 0.05) is 29.9 Å². The Morgan fingerprint density at radius 1 is 1.31 bits per heavy atom. The Kier molecular flexibility index (Phi) is 5.55. The molecule has 1 fully saturated rings. The van der Waals surface area contributed by atoms with E-state index in [0.29, 0.717) is 11.4 Å². The van der Waals surface area contributed by atoms with Crippen LogP contribution >= 0.6 is 11.6 Å². The van der Waals surface area contributed by atoms with Crippen molar-refractivity contribution in [3.05, 3.63) is 53.6 Å². The molecule has 1 N–H and O–H groups in total. The molecule has 1 saturated carbocycles. The van der Waals surface area contributed by atoms with E-state index in [1.807, 2.05) is 12.1 Å². The number of rotatable bonds is 5. The summed E-state index contributed by atoms with van der Waals surface area (Å²) in [5.74, 6) is -3.10. The van der Waals surface area contributed by atoms with Crippen molar-refractivity contribution in [1.29, 1.82) is 0 Å². The minimum absolute atomic E-state index is 0.0176. The fourth-order valence-electron chi connectivity index (χ4n) is 3.53. The lowest BCUT2D eigenvalue weighted by Crippen LogP contribution is -2.40. The summed E-state index contributed by atoms with van der Waals surface area (Å²) in [7, 11) is 0. The summed E-state index contributed by atoms with van der Waals surface area (Å²) >= 11 is 5.92. The maximum Gasteiger partial charge on any atom is 0.392 e. The third-order valence-electron chi connectivity index (χ3n) is 4.88. The van der Waals surface area contributed by atoms with Gasteiger partial charge in [0.15, 0.2) is 0 Å². The third kappa shape index (κ3) is 4.20. The van der Waals surface area contributed by atoms with Crippen LogP contribution in [0.5, 0.6) is 0 Å². The smallest absolute Gasteiger partial charge is 0.353 e. The number of carbonyl (C=O) groups is 1. The first-order chi connectivity index (χ1) is 12.4. The number of hydrogen-bond acceptors (Lipinski definition) is 2. The second kappa shape index (κ2) is 7.70. The molecule has 8 heteroatoms. The Bertz CT molecular complexity index is 731. The van der Waals surface area contributed by atoms with Crippen molar-refractivity contribution in [2.24, 2.45) is 11.8 Å². The van der Waals surface area contributed by atoms with Crippen molar-refractivity contribution >= 4 is 17.5 Å². The van der Waals surface area contributed by atoms with Gasteiger partial charge in [0.2, 0.25) is 5.91 Å². The molecule has 1 amide bonds. The van der Waals surface area contributed by atoms with Crippen molar-refractivity contribution in [3.63, 3.8) is 0 Å². The minimum Gasteiger partial charge on any atom is -0.353 e. The zero-order valence-corrected chi connectivity index (χ0v) is 14.7. The lowest BCUT2D eigenvalue weighted by Gasteiger charge is -2.24. The first-order valence-corrected chi connectivity index (χ1v) is 8.81. The van der Waals surface area contributed by atoms with E-state index >= 15 is 0 Å². The summed E-state index contributed by atoms with van der Waals surface area (Å²) in [6.45, 7) is 0.178. The van der Waals surface area contributed by atoms with Crippen molar-refractivity contribution in [3.8, 4) is 0 Å². The Morgan fingerprint density at radius 3 is 2.65 bits per heavy atom. The van der Waals surface area contributed by atoms with Crippen LogP contribution in [0.2, 0.25) is 5.02 Å². The summed E-state index contributed by atoms with van der Waals surface area (Å²) in [4.78, 5) is 16.4. The summed E-state index contributed by atoms with van der Waals surface area (Å²) in [5.41, 5.74) is 0.881. The van der Waals surface area contributed by atoms with Crippen LogP contribution in [0.1, 0.15) is 30.9 Å². The topological polar surface area (TPSA) is 46.9 Å². The minimum atomic E-state index is -4.33. The molecule has 0 radical (unpaired) electrons. The Labute approximate surface area is 154 Å². The number of carbonyl (C=O) groups excluding carboxylic acids is 1. The zero-order chi connectivity index (χ0) is 18.7. The molecule has 4 nitrogen and oxygen atoms in total. The quantitative estimate of drug-likeness (QED) is 0.837. The van der Waals surface area contributed by atoms with Crippen molar-refractivity contribution in [2.45, 2.75) is 31.5 Å². The van der Waals surface area contributed by atoms with Crippen LogP contribution in [0.3, 0.4) is 0 Å². The van der Waals surface area contributed by atoms with Crippen LogP contribution in [0.15, 0.2) is 43.0 Å². The standard InChI is InChI=1S/C18H19ClF3N3O/c19-13-6-4-12(5-7-13)16(25-9-8-23-11-25)10-24-17(26)14-2-1-3-15(14)18(20,21)22/h4-9,11,14-16H,1-3,10H2,(H,24,26)/t14-,15-,16?/m1/s1. The number of hydrogen-bond donors (Lipinski definition) is 1. The van der Waals surface area contributed by atoms with E-state index < -0.39 is 23.9 Å². The Balaban J connectivity index is 1.72. The van der Waals surface area contributed by atoms with Gasteiger partial charge in [0.1, 0.15) is 0 Å². The van der Waals surface area contributed by atoms with Gasteiger partial charge in [-0.25, -0.2) is 4.98 Å². The molecular weight excluding hydrogens is 367 g/mol. The van der Waals surface area contributed by atoms with E-state index in [1.54, 1.807) is 35.4 Å². The molecular formula is C18H19ClF3N3O. The lowest BCUT2D eigenvalue weighted by atomic mass is 9.94. The fraction of sp³-hybridized carbons (Fsp3) is 0.444. The first-order valence-electron chi connectivity index (χ1n) is 8.43. The van der Waals surface area contributed by atoms with Gasteiger partial charge >= 0.3 is 6.18 Å². The van der Waals surface area contributed by atoms with Crippen LogP contribution in [-0.4, -0.2) is 28.2 Å². The molecule has 0 saturated heterocycles. The summed E-state index contributed by atoms with van der Waals surface area (Å²) < 4.78 is 41.1. The molecule has 26 heavy (non-hydrogen) atoms. The van der Waals surface area contributed by atoms with Gasteiger partial charge in [-0.3, -0.25) is 4.79 Å². The molecule has 0 spiro atoms. The third-order valence-corrected chi connectivity index (χ3v) is 5.13. The molecule has 2 aromatic rings. The number of alkyl halides is 3. The molecule has 140 valence electrons. The maximum absolute atomic E-state index is 13.1. The molecule has 1 heterocycles. The van der Waals surface area contributed by atoms with Gasteiger partial charge in [0.05, 0.1) is 18.3 Å². The average molecular weight is 386 g/mol. The SMILES string of the molecule is O=C(NCC(c1ccc(Cl)cc1)n1ccnc1)[C@@H]1CCC[C@H]1C(F)(F)F. The molecule has 1 unspecified atom stereocenters. The highest BCUT2D eigenvalue weighted by Crippen LogP contribution is 2.43. The van der Waals surface area contributed by atoms with Crippen molar-refractivity contribution in [2.75, 3.05) is 6.54 Å². The highest BCUT2D eigenvalue weighted by molar-refractivity contribution is 6.30. The number of nitrogens with one attached hydrogen (secondary N) is 1. The zero-order valence-electron chi connectivity index (χ0n) is 13.9. The highest BCUT2D eigenvalue weighted by Gasteiger charge is 2.49. The number of imidazole rings is 1. The predicted octanol–water partition coefficient (Wildman–Crippen LogP) is 4.22. The normalized spacial score (nSPS) is 21.5. The van der Waals surface area contributed by atoms with E-state index in [-0.39, 0.29) is 25.4 Å². The van der Waals surface area contributed by atoms with Gasteiger partial charge in [-0.05, 0) is 30.5 Å². The maximum atomic E-state index is 13.1. The van der Waals surface area contributed by atoms with Gasteiger partial charge in [-0.1, -0.05) is 30.2 Å². The first kappa shape index (κ1) is 18.8. The molecule has 0 bridgehead atoms. The number of aromatic nitrogens is 2. The summed E-state index contributed by atoms with van der Waals surface area (Å²) in [6.07, 6.45) is 1.35. The van der Waals surface area contributed by atoms with Gasteiger partial charge in [-0.2, -0.15) is 13.2 Å². The van der Waals surface area contributed by atoms with Crippen LogP contribution in [0.4, 0.5) is 13.2 Å². The number of amides is 1. The van der Waals surface area contributed by atoms with E-state index in [9.17, 15) is 18.0 Å². The number of benzene rings is 1. The fourth-order valence-corrected chi connectivity index (χ4v) is 3.65. The van der Waals surface area contributed by atoms with Gasteiger partial charge in [-0.15, -0.1) is 0 Å². The monoisotopic (exact) mass is 385 g/mol. The molecule has 1 aliphatic carbocycles. The van der Waals surface area contributed by atoms with Crippen LogP contribution in [0, 0.1) is 11.8 Å². The largest absolute Gasteiger partial charge is 0.392 e. The molecule has 1 aliphatic rings. The van der Waals surface area contributed by atoms with E-state index in [2.05, 4.69) is 10.3 Å².